The summed E-state index contributed by atoms with van der Waals surface area (Å²) in [6.07, 6.45) is 1.73. The second-order valence-corrected chi connectivity index (χ2v) is 5.96. The summed E-state index contributed by atoms with van der Waals surface area (Å²) in [5.74, 6) is 0.725. The third-order valence-electron chi connectivity index (χ3n) is 4.17. The zero-order chi connectivity index (χ0) is 17.2. The van der Waals surface area contributed by atoms with Gasteiger partial charge in [-0.25, -0.2) is 0 Å². The fraction of sp³-hybridized carbons (Fsp3) is 0.211. The predicted octanol–water partition coefficient (Wildman–Crippen LogP) is 2.83. The lowest BCUT2D eigenvalue weighted by atomic mass is 10.2. The van der Waals surface area contributed by atoms with Crippen molar-refractivity contribution in [3.05, 3.63) is 71.8 Å². The molecule has 2 aromatic heterocycles. The maximum atomic E-state index is 12.8. The van der Waals surface area contributed by atoms with Crippen LogP contribution in [0.15, 0.2) is 54.7 Å². The molecule has 0 saturated heterocycles. The second-order valence-electron chi connectivity index (χ2n) is 5.96. The van der Waals surface area contributed by atoms with Gasteiger partial charge >= 0.3 is 0 Å². The normalized spacial score (nSPS) is 13.6. The molecule has 0 unspecified atom stereocenters. The van der Waals surface area contributed by atoms with Crippen molar-refractivity contribution in [2.45, 2.75) is 20.1 Å². The SMILES string of the molecule is Cc1ccc(N2CCn3nc(COc4ccccc4)cc3C2=O)cn1. The number of aryl methyl sites for hydroxylation is 1. The standard InChI is InChI=1S/C19H18N4O2/c1-14-7-8-16(12-20-14)22-9-10-23-18(19(22)24)11-15(21-23)13-25-17-5-3-2-4-6-17/h2-8,11-12H,9-10,13H2,1H3. The van der Waals surface area contributed by atoms with Crippen LogP contribution in [-0.2, 0) is 13.2 Å². The van der Waals surface area contributed by atoms with E-state index in [0.717, 1.165) is 22.8 Å². The van der Waals surface area contributed by atoms with Crippen molar-refractivity contribution >= 4 is 11.6 Å². The van der Waals surface area contributed by atoms with E-state index in [1.165, 1.54) is 0 Å². The molecule has 1 aliphatic heterocycles. The molecule has 1 aromatic carbocycles. The number of carbonyl (C=O) groups excluding carboxylic acids is 1. The summed E-state index contributed by atoms with van der Waals surface area (Å²) in [5, 5.41) is 4.49. The lowest BCUT2D eigenvalue weighted by Gasteiger charge is -2.27. The van der Waals surface area contributed by atoms with Crippen molar-refractivity contribution in [3.63, 3.8) is 0 Å². The molecular formula is C19H18N4O2. The Morgan fingerprint density at radius 3 is 2.72 bits per heavy atom. The number of rotatable bonds is 4. The summed E-state index contributed by atoms with van der Waals surface area (Å²) in [6, 6.07) is 15.2. The summed E-state index contributed by atoms with van der Waals surface area (Å²) in [4.78, 5) is 18.8. The molecule has 0 saturated carbocycles. The highest BCUT2D eigenvalue weighted by molar-refractivity contribution is 6.05. The van der Waals surface area contributed by atoms with E-state index in [2.05, 4.69) is 10.1 Å². The largest absolute Gasteiger partial charge is 0.487 e. The lowest BCUT2D eigenvalue weighted by molar-refractivity contribution is 0.0962. The number of aromatic nitrogens is 3. The van der Waals surface area contributed by atoms with Gasteiger partial charge in [-0.2, -0.15) is 5.10 Å². The van der Waals surface area contributed by atoms with E-state index in [1.54, 1.807) is 21.8 Å². The number of benzene rings is 1. The fourth-order valence-corrected chi connectivity index (χ4v) is 2.86. The van der Waals surface area contributed by atoms with Gasteiger partial charge in [-0.05, 0) is 37.3 Å². The van der Waals surface area contributed by atoms with E-state index in [9.17, 15) is 4.79 Å². The number of anilines is 1. The van der Waals surface area contributed by atoms with E-state index in [0.29, 0.717) is 25.4 Å². The highest BCUT2D eigenvalue weighted by Gasteiger charge is 2.27. The maximum Gasteiger partial charge on any atom is 0.276 e. The topological polar surface area (TPSA) is 60.2 Å². The number of ether oxygens (including phenoxy) is 1. The van der Waals surface area contributed by atoms with Gasteiger partial charge in [-0.3, -0.25) is 14.5 Å². The highest BCUT2D eigenvalue weighted by atomic mass is 16.5. The molecular weight excluding hydrogens is 316 g/mol. The molecule has 6 nitrogen and oxygen atoms in total. The first kappa shape index (κ1) is 15.4. The summed E-state index contributed by atoms with van der Waals surface area (Å²) in [5.41, 5.74) is 3.07. The van der Waals surface area contributed by atoms with Crippen LogP contribution in [0.3, 0.4) is 0 Å². The van der Waals surface area contributed by atoms with Gasteiger partial charge in [0.1, 0.15) is 23.7 Å². The van der Waals surface area contributed by atoms with Crippen molar-refractivity contribution in [2.75, 3.05) is 11.4 Å². The maximum absolute atomic E-state index is 12.8. The smallest absolute Gasteiger partial charge is 0.276 e. The van der Waals surface area contributed by atoms with Crippen LogP contribution in [0.1, 0.15) is 21.9 Å². The third kappa shape index (κ3) is 3.10. The van der Waals surface area contributed by atoms with Gasteiger partial charge in [0, 0.05) is 12.2 Å². The Labute approximate surface area is 145 Å². The van der Waals surface area contributed by atoms with Gasteiger partial charge in [0.25, 0.3) is 5.91 Å². The first-order chi connectivity index (χ1) is 12.2. The number of fused-ring (bicyclic) bond motifs is 1. The predicted molar refractivity (Wildman–Crippen MR) is 93.7 cm³/mol. The molecule has 0 fully saturated rings. The van der Waals surface area contributed by atoms with E-state index in [1.807, 2.05) is 49.4 Å². The molecule has 0 radical (unpaired) electrons. The number of amides is 1. The van der Waals surface area contributed by atoms with E-state index in [-0.39, 0.29) is 5.91 Å². The van der Waals surface area contributed by atoms with Gasteiger partial charge in [-0.1, -0.05) is 18.2 Å². The number of hydrogen-bond donors (Lipinski definition) is 0. The quantitative estimate of drug-likeness (QED) is 0.736. The van der Waals surface area contributed by atoms with Crippen molar-refractivity contribution < 1.29 is 9.53 Å². The summed E-state index contributed by atoms with van der Waals surface area (Å²) in [6.45, 7) is 3.50. The molecule has 3 heterocycles. The molecule has 0 spiro atoms. The molecule has 25 heavy (non-hydrogen) atoms. The average molecular weight is 334 g/mol. The van der Waals surface area contributed by atoms with Gasteiger partial charge in [0.05, 0.1) is 18.4 Å². The molecule has 1 amide bonds. The monoisotopic (exact) mass is 334 g/mol. The molecule has 0 atom stereocenters. The summed E-state index contributed by atoms with van der Waals surface area (Å²) >= 11 is 0. The number of pyridine rings is 1. The Balaban J connectivity index is 1.51. The van der Waals surface area contributed by atoms with Crippen molar-refractivity contribution in [3.8, 4) is 5.75 Å². The second kappa shape index (κ2) is 6.39. The minimum Gasteiger partial charge on any atom is -0.487 e. The summed E-state index contributed by atoms with van der Waals surface area (Å²) < 4.78 is 7.47. The lowest BCUT2D eigenvalue weighted by Crippen LogP contribution is -2.40. The van der Waals surface area contributed by atoms with Crippen LogP contribution in [0.25, 0.3) is 0 Å². The fourth-order valence-electron chi connectivity index (χ4n) is 2.86. The van der Waals surface area contributed by atoms with Gasteiger partial charge in [0.2, 0.25) is 0 Å². The number of para-hydroxylation sites is 1. The molecule has 0 N–H and O–H groups in total. The average Bonchev–Trinajstić information content (AvgIpc) is 3.06. The van der Waals surface area contributed by atoms with Crippen LogP contribution in [0.4, 0.5) is 5.69 Å². The van der Waals surface area contributed by atoms with Crippen molar-refractivity contribution in [2.24, 2.45) is 0 Å². The Kier molecular flexibility index (Phi) is 3.93. The third-order valence-corrected chi connectivity index (χ3v) is 4.17. The molecule has 6 heteroatoms. The van der Waals surface area contributed by atoms with E-state index in [4.69, 9.17) is 4.74 Å². The van der Waals surface area contributed by atoms with Gasteiger partial charge in [-0.15, -0.1) is 0 Å². The Morgan fingerprint density at radius 1 is 1.12 bits per heavy atom. The van der Waals surface area contributed by atoms with E-state index < -0.39 is 0 Å². The van der Waals surface area contributed by atoms with Crippen molar-refractivity contribution in [1.82, 2.24) is 14.8 Å². The number of carbonyl (C=O) groups is 1. The minimum absolute atomic E-state index is 0.0598. The van der Waals surface area contributed by atoms with Crippen LogP contribution in [0.5, 0.6) is 5.75 Å². The zero-order valence-corrected chi connectivity index (χ0v) is 13.9. The summed E-state index contributed by atoms with van der Waals surface area (Å²) in [7, 11) is 0. The molecule has 0 aliphatic carbocycles. The van der Waals surface area contributed by atoms with E-state index >= 15 is 0 Å². The molecule has 4 rings (SSSR count). The minimum atomic E-state index is -0.0598. The number of hydrogen-bond acceptors (Lipinski definition) is 4. The van der Waals surface area contributed by atoms with Crippen LogP contribution >= 0.6 is 0 Å². The first-order valence-corrected chi connectivity index (χ1v) is 8.20. The van der Waals surface area contributed by atoms with Crippen LogP contribution in [-0.4, -0.2) is 27.2 Å². The van der Waals surface area contributed by atoms with Gasteiger partial charge < -0.3 is 9.64 Å². The van der Waals surface area contributed by atoms with Crippen LogP contribution in [0, 0.1) is 6.92 Å². The van der Waals surface area contributed by atoms with Gasteiger partial charge in [0.15, 0.2) is 0 Å². The first-order valence-electron chi connectivity index (χ1n) is 8.20. The zero-order valence-electron chi connectivity index (χ0n) is 13.9. The highest BCUT2D eigenvalue weighted by Crippen LogP contribution is 2.21. The van der Waals surface area contributed by atoms with Crippen LogP contribution < -0.4 is 9.64 Å². The van der Waals surface area contributed by atoms with Crippen molar-refractivity contribution in [1.29, 1.82) is 0 Å². The molecule has 0 bridgehead atoms. The Bertz CT molecular complexity index is 888. The molecule has 126 valence electrons. The Morgan fingerprint density at radius 2 is 1.96 bits per heavy atom. The molecule has 1 aliphatic rings. The Hall–Kier alpha value is -3.15. The molecule has 3 aromatic rings. The van der Waals surface area contributed by atoms with Crippen LogP contribution in [0.2, 0.25) is 0 Å². The number of nitrogens with zero attached hydrogens (tertiary/aromatic N) is 4.